The zero-order valence-corrected chi connectivity index (χ0v) is 11.3. The molecule has 0 spiro atoms. The number of carbonyl (C=O) groups is 1. The second-order valence-corrected chi connectivity index (χ2v) is 5.72. The Morgan fingerprint density at radius 2 is 1.76 bits per heavy atom. The second kappa shape index (κ2) is 5.58. The average Bonchev–Trinajstić information content (AvgIpc) is 2.37. The third-order valence-electron chi connectivity index (χ3n) is 2.58. The van der Waals surface area contributed by atoms with E-state index in [-0.39, 0.29) is 11.3 Å². The standard InChI is InChI=1S/C13H10F2N2O3S/c14-8-5-9(7-10(6-8)21(16,19)20)17-13(18)11-3-1-2-4-12(11)15/h1-7H,(H,17,18)(H2,16,19,20). The fourth-order valence-electron chi connectivity index (χ4n) is 1.64. The molecule has 2 rings (SSSR count). The normalized spacial score (nSPS) is 11.2. The van der Waals surface area contributed by atoms with E-state index in [1.807, 2.05) is 0 Å². The van der Waals surface area contributed by atoms with Gasteiger partial charge in [-0.15, -0.1) is 0 Å². The van der Waals surface area contributed by atoms with Crippen LogP contribution in [0.4, 0.5) is 14.5 Å². The molecule has 0 aliphatic rings. The van der Waals surface area contributed by atoms with Crippen molar-refractivity contribution in [1.29, 1.82) is 0 Å². The lowest BCUT2D eigenvalue weighted by molar-refractivity contribution is 0.102. The Morgan fingerprint density at radius 1 is 1.10 bits per heavy atom. The monoisotopic (exact) mass is 312 g/mol. The van der Waals surface area contributed by atoms with Crippen LogP contribution in [0.3, 0.4) is 0 Å². The van der Waals surface area contributed by atoms with Crippen LogP contribution >= 0.6 is 0 Å². The molecule has 1 amide bonds. The van der Waals surface area contributed by atoms with Gasteiger partial charge in [0, 0.05) is 5.69 Å². The highest BCUT2D eigenvalue weighted by molar-refractivity contribution is 7.89. The number of nitrogens with one attached hydrogen (secondary N) is 1. The number of primary sulfonamides is 1. The van der Waals surface area contributed by atoms with Crippen LogP contribution in [0.2, 0.25) is 0 Å². The Labute approximate surface area is 119 Å². The maximum Gasteiger partial charge on any atom is 0.258 e. The number of nitrogens with two attached hydrogens (primary N) is 1. The highest BCUT2D eigenvalue weighted by Gasteiger charge is 2.15. The van der Waals surface area contributed by atoms with Crippen LogP contribution in [-0.2, 0) is 10.0 Å². The first-order valence-corrected chi connectivity index (χ1v) is 7.21. The molecule has 0 saturated carbocycles. The largest absolute Gasteiger partial charge is 0.322 e. The quantitative estimate of drug-likeness (QED) is 0.906. The van der Waals surface area contributed by atoms with Crippen molar-refractivity contribution in [3.05, 3.63) is 59.7 Å². The molecule has 2 aromatic carbocycles. The number of anilines is 1. The van der Waals surface area contributed by atoms with Gasteiger partial charge < -0.3 is 5.32 Å². The number of amides is 1. The molecule has 2 aromatic rings. The molecule has 0 bridgehead atoms. The maximum absolute atomic E-state index is 13.4. The SMILES string of the molecule is NS(=O)(=O)c1cc(F)cc(NC(=O)c2ccccc2F)c1. The van der Waals surface area contributed by atoms with Gasteiger partial charge >= 0.3 is 0 Å². The Kier molecular flexibility index (Phi) is 4.01. The number of hydrogen-bond acceptors (Lipinski definition) is 3. The molecule has 0 aliphatic heterocycles. The minimum Gasteiger partial charge on any atom is -0.322 e. The first kappa shape index (κ1) is 15.1. The van der Waals surface area contributed by atoms with Gasteiger partial charge in [0.25, 0.3) is 5.91 Å². The Bertz CT molecular complexity index is 807. The van der Waals surface area contributed by atoms with Crippen LogP contribution in [0.5, 0.6) is 0 Å². The fraction of sp³-hybridized carbons (Fsp3) is 0. The van der Waals surface area contributed by atoms with Gasteiger partial charge in [0.2, 0.25) is 10.0 Å². The highest BCUT2D eigenvalue weighted by atomic mass is 32.2. The predicted octanol–water partition coefficient (Wildman–Crippen LogP) is 1.86. The zero-order chi connectivity index (χ0) is 15.6. The molecule has 0 unspecified atom stereocenters. The van der Waals surface area contributed by atoms with Crippen LogP contribution < -0.4 is 10.5 Å². The van der Waals surface area contributed by atoms with Crippen molar-refractivity contribution in [3.63, 3.8) is 0 Å². The van der Waals surface area contributed by atoms with Crippen molar-refractivity contribution in [3.8, 4) is 0 Å². The van der Waals surface area contributed by atoms with Gasteiger partial charge in [-0.25, -0.2) is 22.3 Å². The van der Waals surface area contributed by atoms with Gasteiger partial charge in [0.15, 0.2) is 0 Å². The van der Waals surface area contributed by atoms with Crippen LogP contribution in [0.1, 0.15) is 10.4 Å². The zero-order valence-electron chi connectivity index (χ0n) is 10.5. The van der Waals surface area contributed by atoms with E-state index < -0.39 is 32.5 Å². The van der Waals surface area contributed by atoms with Crippen LogP contribution in [0.25, 0.3) is 0 Å². The van der Waals surface area contributed by atoms with E-state index >= 15 is 0 Å². The summed E-state index contributed by atoms with van der Waals surface area (Å²) >= 11 is 0. The smallest absolute Gasteiger partial charge is 0.258 e. The van der Waals surface area contributed by atoms with E-state index in [0.29, 0.717) is 6.07 Å². The van der Waals surface area contributed by atoms with Crippen LogP contribution in [0, 0.1) is 11.6 Å². The van der Waals surface area contributed by atoms with E-state index in [2.05, 4.69) is 5.32 Å². The molecular weight excluding hydrogens is 302 g/mol. The summed E-state index contributed by atoms with van der Waals surface area (Å²) in [4.78, 5) is 11.4. The first-order valence-electron chi connectivity index (χ1n) is 5.66. The minimum atomic E-state index is -4.12. The van der Waals surface area contributed by atoms with Gasteiger partial charge in [0.05, 0.1) is 10.5 Å². The summed E-state index contributed by atoms with van der Waals surface area (Å²) in [7, 11) is -4.12. The fourth-order valence-corrected chi connectivity index (χ4v) is 2.21. The molecule has 0 aromatic heterocycles. The summed E-state index contributed by atoms with van der Waals surface area (Å²) < 4.78 is 49.2. The van der Waals surface area contributed by atoms with Gasteiger partial charge in [-0.1, -0.05) is 12.1 Å². The topological polar surface area (TPSA) is 89.3 Å². The summed E-state index contributed by atoms with van der Waals surface area (Å²) in [5.74, 6) is -2.48. The van der Waals surface area contributed by atoms with E-state index in [1.165, 1.54) is 18.2 Å². The van der Waals surface area contributed by atoms with Gasteiger partial charge in [-0.2, -0.15) is 0 Å². The molecule has 0 atom stereocenters. The number of benzene rings is 2. The molecule has 0 radical (unpaired) electrons. The van der Waals surface area contributed by atoms with Gasteiger partial charge in [-0.05, 0) is 30.3 Å². The molecule has 5 nitrogen and oxygen atoms in total. The lowest BCUT2D eigenvalue weighted by Gasteiger charge is -2.08. The lowest BCUT2D eigenvalue weighted by atomic mass is 10.2. The van der Waals surface area contributed by atoms with Crippen molar-refractivity contribution in [2.24, 2.45) is 5.14 Å². The second-order valence-electron chi connectivity index (χ2n) is 4.15. The molecule has 110 valence electrons. The molecular formula is C13H10F2N2O3S. The summed E-state index contributed by atoms with van der Waals surface area (Å²) in [6.45, 7) is 0. The first-order chi connectivity index (χ1) is 9.77. The third kappa shape index (κ3) is 3.61. The number of rotatable bonds is 3. The summed E-state index contributed by atoms with van der Waals surface area (Å²) in [5, 5.41) is 7.11. The number of hydrogen-bond donors (Lipinski definition) is 2. The van der Waals surface area contributed by atoms with Crippen molar-refractivity contribution in [2.45, 2.75) is 4.90 Å². The van der Waals surface area contributed by atoms with E-state index in [0.717, 1.165) is 18.2 Å². The highest BCUT2D eigenvalue weighted by Crippen LogP contribution is 2.18. The molecule has 0 aliphatic carbocycles. The molecule has 0 saturated heterocycles. The van der Waals surface area contributed by atoms with Crippen molar-refractivity contribution >= 4 is 21.6 Å². The van der Waals surface area contributed by atoms with Crippen LogP contribution in [-0.4, -0.2) is 14.3 Å². The summed E-state index contributed by atoms with van der Waals surface area (Å²) in [6.07, 6.45) is 0. The average molecular weight is 312 g/mol. The predicted molar refractivity (Wildman–Crippen MR) is 72.1 cm³/mol. The van der Waals surface area contributed by atoms with Gasteiger partial charge in [-0.3, -0.25) is 4.79 Å². The number of carbonyl (C=O) groups excluding carboxylic acids is 1. The van der Waals surface area contributed by atoms with Crippen molar-refractivity contribution < 1.29 is 22.0 Å². The molecule has 3 N–H and O–H groups in total. The maximum atomic E-state index is 13.4. The molecule has 0 heterocycles. The van der Waals surface area contributed by atoms with E-state index in [1.54, 1.807) is 0 Å². The molecule has 21 heavy (non-hydrogen) atoms. The van der Waals surface area contributed by atoms with Crippen molar-refractivity contribution in [1.82, 2.24) is 0 Å². The Balaban J connectivity index is 2.34. The molecule has 8 heteroatoms. The lowest BCUT2D eigenvalue weighted by Crippen LogP contribution is -2.16. The third-order valence-corrected chi connectivity index (χ3v) is 3.47. The number of halogens is 2. The van der Waals surface area contributed by atoms with Gasteiger partial charge in [0.1, 0.15) is 11.6 Å². The summed E-state index contributed by atoms with van der Waals surface area (Å²) in [6, 6.07) is 7.80. The number of sulfonamides is 1. The van der Waals surface area contributed by atoms with E-state index in [4.69, 9.17) is 5.14 Å². The Morgan fingerprint density at radius 3 is 2.38 bits per heavy atom. The van der Waals surface area contributed by atoms with E-state index in [9.17, 15) is 22.0 Å². The van der Waals surface area contributed by atoms with Crippen molar-refractivity contribution in [2.75, 3.05) is 5.32 Å². The van der Waals surface area contributed by atoms with Crippen LogP contribution in [0.15, 0.2) is 47.4 Å². The molecule has 0 fully saturated rings. The Hall–Kier alpha value is -2.32. The minimum absolute atomic E-state index is 0.146. The summed E-state index contributed by atoms with van der Waals surface area (Å²) in [5.41, 5.74) is -0.397.